The lowest BCUT2D eigenvalue weighted by molar-refractivity contribution is -0.384. The second-order valence-corrected chi connectivity index (χ2v) is 5.31. The van der Waals surface area contributed by atoms with Crippen molar-refractivity contribution in [2.75, 3.05) is 20.8 Å². The summed E-state index contributed by atoms with van der Waals surface area (Å²) in [6.45, 7) is 0.455. The van der Waals surface area contributed by atoms with E-state index in [0.29, 0.717) is 6.54 Å². The number of non-ortho nitro benzene ring substituents is 1. The molecule has 6 nitrogen and oxygen atoms in total. The number of nitro benzene ring substituents is 1. The minimum absolute atomic E-state index is 0.0439. The maximum absolute atomic E-state index is 10.9. The average Bonchev–Trinajstić information content (AvgIpc) is 2.56. The van der Waals surface area contributed by atoms with Crippen LogP contribution < -0.4 is 4.74 Å². The zero-order chi connectivity index (χ0) is 16.8. The highest BCUT2D eigenvalue weighted by molar-refractivity contribution is 5.34. The number of nitrogens with zero attached hydrogens (tertiary/aromatic N) is 2. The highest BCUT2D eigenvalue weighted by Gasteiger charge is 2.17. The van der Waals surface area contributed by atoms with Gasteiger partial charge in [0.25, 0.3) is 5.69 Å². The predicted molar refractivity (Wildman–Crippen MR) is 87.4 cm³/mol. The van der Waals surface area contributed by atoms with Gasteiger partial charge < -0.3 is 9.84 Å². The van der Waals surface area contributed by atoms with E-state index in [-0.39, 0.29) is 18.3 Å². The van der Waals surface area contributed by atoms with Crippen LogP contribution in [-0.2, 0) is 6.54 Å². The van der Waals surface area contributed by atoms with Gasteiger partial charge >= 0.3 is 0 Å². The fourth-order valence-corrected chi connectivity index (χ4v) is 2.49. The molecule has 0 fully saturated rings. The summed E-state index contributed by atoms with van der Waals surface area (Å²) in [4.78, 5) is 12.4. The van der Waals surface area contributed by atoms with Gasteiger partial charge in [-0.15, -0.1) is 0 Å². The molecule has 0 aliphatic heterocycles. The molecule has 2 aromatic carbocycles. The van der Waals surface area contributed by atoms with E-state index in [1.54, 1.807) is 19.2 Å². The van der Waals surface area contributed by atoms with E-state index in [0.717, 1.165) is 16.9 Å². The first-order chi connectivity index (χ1) is 11.0. The van der Waals surface area contributed by atoms with Crippen LogP contribution in [-0.4, -0.2) is 35.7 Å². The summed E-state index contributed by atoms with van der Waals surface area (Å²) in [5.41, 5.74) is 1.86. The van der Waals surface area contributed by atoms with Crippen LogP contribution >= 0.6 is 0 Å². The summed E-state index contributed by atoms with van der Waals surface area (Å²) in [5.74, 6) is 0.756. The number of hydrogen-bond acceptors (Lipinski definition) is 5. The molecule has 122 valence electrons. The van der Waals surface area contributed by atoms with Crippen LogP contribution in [0.2, 0.25) is 0 Å². The minimum Gasteiger partial charge on any atom is -0.497 e. The average molecular weight is 316 g/mol. The van der Waals surface area contributed by atoms with Gasteiger partial charge in [0.1, 0.15) is 5.75 Å². The van der Waals surface area contributed by atoms with Gasteiger partial charge in [-0.1, -0.05) is 24.3 Å². The third kappa shape index (κ3) is 4.28. The predicted octanol–water partition coefficient (Wildman–Crippen LogP) is 2.77. The van der Waals surface area contributed by atoms with Crippen molar-refractivity contribution in [3.63, 3.8) is 0 Å². The molecule has 0 aromatic heterocycles. The van der Waals surface area contributed by atoms with Crippen LogP contribution in [0.5, 0.6) is 5.75 Å². The summed E-state index contributed by atoms with van der Waals surface area (Å²) in [6.07, 6.45) is 0. The molecule has 0 amide bonds. The smallest absolute Gasteiger partial charge is 0.269 e. The van der Waals surface area contributed by atoms with Crippen molar-refractivity contribution in [2.24, 2.45) is 0 Å². The van der Waals surface area contributed by atoms with E-state index in [2.05, 4.69) is 0 Å². The first-order valence-electron chi connectivity index (χ1n) is 7.23. The van der Waals surface area contributed by atoms with Gasteiger partial charge in [-0.2, -0.15) is 0 Å². The van der Waals surface area contributed by atoms with Crippen LogP contribution in [0, 0.1) is 10.1 Å². The van der Waals surface area contributed by atoms with E-state index in [1.165, 1.54) is 6.07 Å². The van der Waals surface area contributed by atoms with Crippen molar-refractivity contribution in [1.29, 1.82) is 0 Å². The molecule has 0 spiro atoms. The molecule has 0 saturated carbocycles. The van der Waals surface area contributed by atoms with Gasteiger partial charge in [0.2, 0.25) is 0 Å². The molecule has 23 heavy (non-hydrogen) atoms. The van der Waals surface area contributed by atoms with Crippen molar-refractivity contribution in [3.05, 3.63) is 69.8 Å². The molecule has 0 unspecified atom stereocenters. The monoisotopic (exact) mass is 316 g/mol. The van der Waals surface area contributed by atoms with E-state index >= 15 is 0 Å². The Morgan fingerprint density at radius 1 is 1.26 bits per heavy atom. The molecule has 2 aromatic rings. The Morgan fingerprint density at radius 3 is 2.52 bits per heavy atom. The fourth-order valence-electron chi connectivity index (χ4n) is 2.49. The molecule has 0 bridgehead atoms. The molecular weight excluding hydrogens is 296 g/mol. The Balaban J connectivity index is 2.14. The third-order valence-corrected chi connectivity index (χ3v) is 3.76. The lowest BCUT2D eigenvalue weighted by atomic mass is 10.1. The first-order valence-corrected chi connectivity index (χ1v) is 7.23. The molecule has 2 rings (SSSR count). The Kier molecular flexibility index (Phi) is 5.67. The zero-order valence-electron chi connectivity index (χ0n) is 13.2. The van der Waals surface area contributed by atoms with Crippen LogP contribution in [0.1, 0.15) is 17.2 Å². The van der Waals surface area contributed by atoms with Crippen LogP contribution in [0.15, 0.2) is 48.5 Å². The Labute approximate surface area is 135 Å². The van der Waals surface area contributed by atoms with Crippen molar-refractivity contribution in [3.8, 4) is 5.75 Å². The van der Waals surface area contributed by atoms with Gasteiger partial charge in [-0.25, -0.2) is 0 Å². The second kappa shape index (κ2) is 7.71. The Hall–Kier alpha value is -2.44. The molecule has 1 atom stereocenters. The maximum atomic E-state index is 10.9. The fraction of sp³-hybridized carbons (Fsp3) is 0.294. The molecular formula is C17H20N2O4. The van der Waals surface area contributed by atoms with E-state index in [9.17, 15) is 15.2 Å². The number of aliphatic hydroxyl groups is 1. The quantitative estimate of drug-likeness (QED) is 0.628. The first kappa shape index (κ1) is 16.9. The van der Waals surface area contributed by atoms with Crippen molar-refractivity contribution in [2.45, 2.75) is 12.6 Å². The van der Waals surface area contributed by atoms with Crippen LogP contribution in [0.3, 0.4) is 0 Å². The highest BCUT2D eigenvalue weighted by Crippen LogP contribution is 2.24. The zero-order valence-corrected chi connectivity index (χ0v) is 13.2. The minimum atomic E-state index is -0.406. The number of aliphatic hydroxyl groups excluding tert-OH is 1. The number of likely N-dealkylation sites (N-methyl/N-ethyl adjacent to an activating group) is 1. The third-order valence-electron chi connectivity index (χ3n) is 3.76. The van der Waals surface area contributed by atoms with Crippen LogP contribution in [0.4, 0.5) is 5.69 Å². The second-order valence-electron chi connectivity index (χ2n) is 5.31. The normalized spacial score (nSPS) is 12.2. The summed E-state index contributed by atoms with van der Waals surface area (Å²) in [6, 6.07) is 13.8. The summed E-state index contributed by atoms with van der Waals surface area (Å²) in [7, 11) is 3.48. The van der Waals surface area contributed by atoms with E-state index < -0.39 is 4.92 Å². The van der Waals surface area contributed by atoms with Gasteiger partial charge in [0, 0.05) is 18.7 Å². The standard InChI is InChI=1S/C17H20N2O4/c1-18(11-13-4-3-5-15(10-13)19(21)22)17(12-20)14-6-8-16(23-2)9-7-14/h3-10,17,20H,11-12H2,1-2H3/t17-/m0/s1. The Bertz CT molecular complexity index is 658. The summed E-state index contributed by atoms with van der Waals surface area (Å²) >= 11 is 0. The number of nitro groups is 1. The lowest BCUT2D eigenvalue weighted by Crippen LogP contribution is -2.27. The van der Waals surface area contributed by atoms with E-state index in [4.69, 9.17) is 4.74 Å². The van der Waals surface area contributed by atoms with E-state index in [1.807, 2.05) is 42.3 Å². The summed E-state index contributed by atoms with van der Waals surface area (Å²) in [5, 5.41) is 20.6. The number of ether oxygens (including phenoxy) is 1. The number of hydrogen-bond donors (Lipinski definition) is 1. The molecule has 0 saturated heterocycles. The largest absolute Gasteiger partial charge is 0.497 e. The Morgan fingerprint density at radius 2 is 1.96 bits per heavy atom. The van der Waals surface area contributed by atoms with Crippen LogP contribution in [0.25, 0.3) is 0 Å². The van der Waals surface area contributed by atoms with Gasteiger partial charge in [0.05, 0.1) is 24.7 Å². The number of methoxy groups -OCH3 is 1. The molecule has 0 heterocycles. The summed E-state index contributed by atoms with van der Waals surface area (Å²) < 4.78 is 5.13. The van der Waals surface area contributed by atoms with Crippen molar-refractivity contribution in [1.82, 2.24) is 4.90 Å². The van der Waals surface area contributed by atoms with Gasteiger partial charge in [-0.05, 0) is 30.3 Å². The van der Waals surface area contributed by atoms with Gasteiger partial charge in [-0.3, -0.25) is 15.0 Å². The SMILES string of the molecule is COc1ccc([C@H](CO)N(C)Cc2cccc([N+](=O)[O-])c2)cc1. The molecule has 1 N–H and O–H groups in total. The van der Waals surface area contributed by atoms with Crippen molar-refractivity contribution < 1.29 is 14.8 Å². The highest BCUT2D eigenvalue weighted by atomic mass is 16.6. The maximum Gasteiger partial charge on any atom is 0.269 e. The van der Waals surface area contributed by atoms with Gasteiger partial charge in [0.15, 0.2) is 0 Å². The topological polar surface area (TPSA) is 75.8 Å². The number of benzene rings is 2. The van der Waals surface area contributed by atoms with Crippen molar-refractivity contribution >= 4 is 5.69 Å². The molecule has 6 heteroatoms. The molecule has 0 aliphatic carbocycles. The molecule has 0 radical (unpaired) electrons. The lowest BCUT2D eigenvalue weighted by Gasteiger charge is -2.27. The number of rotatable bonds is 7. The molecule has 0 aliphatic rings.